The third-order valence-corrected chi connectivity index (χ3v) is 3.82. The summed E-state index contributed by atoms with van der Waals surface area (Å²) in [5, 5.41) is 4.24. The molecule has 3 rings (SSSR count). The molecule has 0 aliphatic carbocycles. The second-order valence-electron chi connectivity index (χ2n) is 4.48. The molecule has 3 nitrogen and oxygen atoms in total. The Morgan fingerprint density at radius 3 is 2.65 bits per heavy atom. The average Bonchev–Trinajstić information content (AvgIpc) is 2.89. The van der Waals surface area contributed by atoms with Gasteiger partial charge in [0.2, 0.25) is 0 Å². The van der Waals surface area contributed by atoms with Crippen molar-refractivity contribution in [3.8, 4) is 5.75 Å². The first kappa shape index (κ1) is 12.9. The number of para-hydroxylation sites is 1. The Hall–Kier alpha value is -2.07. The minimum Gasteiger partial charge on any atom is -0.494 e. The molecule has 0 radical (unpaired) electrons. The number of thiazole rings is 1. The first-order valence-electron chi connectivity index (χ1n) is 6.70. The van der Waals surface area contributed by atoms with Crippen LogP contribution in [-0.4, -0.2) is 11.6 Å². The summed E-state index contributed by atoms with van der Waals surface area (Å²) in [6, 6.07) is 16.1. The lowest BCUT2D eigenvalue weighted by Gasteiger charge is -2.06. The number of benzene rings is 2. The Morgan fingerprint density at radius 2 is 1.90 bits per heavy atom. The molecule has 1 heterocycles. The van der Waals surface area contributed by atoms with Crippen molar-refractivity contribution < 1.29 is 4.74 Å². The van der Waals surface area contributed by atoms with Gasteiger partial charge in [-0.25, -0.2) is 4.98 Å². The van der Waals surface area contributed by atoms with E-state index in [1.807, 2.05) is 42.5 Å². The van der Waals surface area contributed by atoms with E-state index in [9.17, 15) is 0 Å². The summed E-state index contributed by atoms with van der Waals surface area (Å²) >= 11 is 1.66. The van der Waals surface area contributed by atoms with Gasteiger partial charge in [0.25, 0.3) is 0 Å². The molecule has 0 bridgehead atoms. The van der Waals surface area contributed by atoms with Gasteiger partial charge >= 0.3 is 0 Å². The monoisotopic (exact) mass is 284 g/mol. The summed E-state index contributed by atoms with van der Waals surface area (Å²) < 4.78 is 6.76. The summed E-state index contributed by atoms with van der Waals surface area (Å²) in [4.78, 5) is 4.56. The number of rotatable bonds is 5. The fraction of sp³-hybridized carbons (Fsp3) is 0.188. The molecule has 0 saturated heterocycles. The minimum atomic E-state index is 0.755. The Bertz CT molecular complexity index is 658. The predicted octanol–water partition coefficient (Wildman–Crippen LogP) is 4.83. The molecule has 2 aromatic carbocycles. The van der Waals surface area contributed by atoms with E-state index in [1.54, 1.807) is 11.3 Å². The zero-order valence-corrected chi connectivity index (χ0v) is 12.1. The lowest BCUT2D eigenvalue weighted by molar-refractivity contribution is 0.317. The highest BCUT2D eigenvalue weighted by Crippen LogP contribution is 2.28. The summed E-state index contributed by atoms with van der Waals surface area (Å²) in [5.74, 6) is 0.904. The Balaban J connectivity index is 1.73. The van der Waals surface area contributed by atoms with Gasteiger partial charge < -0.3 is 10.1 Å². The Kier molecular flexibility index (Phi) is 3.83. The number of nitrogens with one attached hydrogen (secondary N) is 1. The molecule has 0 saturated carbocycles. The fourth-order valence-electron chi connectivity index (χ4n) is 1.90. The van der Waals surface area contributed by atoms with Gasteiger partial charge in [0.15, 0.2) is 5.13 Å². The number of aromatic nitrogens is 1. The van der Waals surface area contributed by atoms with Crippen molar-refractivity contribution in [1.29, 1.82) is 0 Å². The number of nitrogens with zero attached hydrogens (tertiary/aromatic N) is 1. The van der Waals surface area contributed by atoms with Crippen LogP contribution in [0.4, 0.5) is 10.8 Å². The van der Waals surface area contributed by atoms with Gasteiger partial charge in [-0.1, -0.05) is 30.4 Å². The van der Waals surface area contributed by atoms with Gasteiger partial charge in [0.05, 0.1) is 16.8 Å². The van der Waals surface area contributed by atoms with Gasteiger partial charge in [0, 0.05) is 5.69 Å². The Labute approximate surface area is 122 Å². The molecule has 0 fully saturated rings. The van der Waals surface area contributed by atoms with Crippen LogP contribution < -0.4 is 10.1 Å². The highest BCUT2D eigenvalue weighted by Gasteiger charge is 2.03. The van der Waals surface area contributed by atoms with Crippen LogP contribution in [0.1, 0.15) is 13.3 Å². The van der Waals surface area contributed by atoms with Crippen molar-refractivity contribution in [2.45, 2.75) is 13.3 Å². The first-order chi connectivity index (χ1) is 9.85. The van der Waals surface area contributed by atoms with E-state index in [1.165, 1.54) is 4.70 Å². The maximum atomic E-state index is 5.57. The molecule has 0 atom stereocenters. The van der Waals surface area contributed by atoms with E-state index >= 15 is 0 Å². The molecule has 0 amide bonds. The fourth-order valence-corrected chi connectivity index (χ4v) is 2.79. The topological polar surface area (TPSA) is 34.1 Å². The van der Waals surface area contributed by atoms with Crippen molar-refractivity contribution in [2.75, 3.05) is 11.9 Å². The third-order valence-electron chi connectivity index (χ3n) is 2.87. The standard InChI is InChI=1S/C16H16N2OS/c1-2-11-19-13-9-7-12(8-10-13)17-16-18-14-5-3-4-6-15(14)20-16/h3-10H,2,11H2,1H3,(H,17,18). The molecule has 4 heteroatoms. The lowest BCUT2D eigenvalue weighted by atomic mass is 10.3. The first-order valence-corrected chi connectivity index (χ1v) is 7.52. The SMILES string of the molecule is CCCOc1ccc(Nc2nc3ccccc3s2)cc1. The predicted molar refractivity (Wildman–Crippen MR) is 85.1 cm³/mol. The molecule has 1 N–H and O–H groups in total. The van der Waals surface area contributed by atoms with E-state index in [4.69, 9.17) is 4.74 Å². The number of hydrogen-bond donors (Lipinski definition) is 1. The molecular formula is C16H16N2OS. The molecular weight excluding hydrogens is 268 g/mol. The van der Waals surface area contributed by atoms with Crippen molar-refractivity contribution in [3.63, 3.8) is 0 Å². The van der Waals surface area contributed by atoms with Crippen LogP contribution in [0.5, 0.6) is 5.75 Å². The quantitative estimate of drug-likeness (QED) is 0.728. The zero-order chi connectivity index (χ0) is 13.8. The number of ether oxygens (including phenoxy) is 1. The zero-order valence-electron chi connectivity index (χ0n) is 11.3. The maximum Gasteiger partial charge on any atom is 0.188 e. The number of fused-ring (bicyclic) bond motifs is 1. The maximum absolute atomic E-state index is 5.57. The van der Waals surface area contributed by atoms with E-state index in [-0.39, 0.29) is 0 Å². The van der Waals surface area contributed by atoms with Crippen LogP contribution in [0.25, 0.3) is 10.2 Å². The normalized spacial score (nSPS) is 10.7. The van der Waals surface area contributed by atoms with Gasteiger partial charge in [-0.2, -0.15) is 0 Å². The molecule has 102 valence electrons. The summed E-state index contributed by atoms with van der Waals surface area (Å²) in [5.41, 5.74) is 2.05. The van der Waals surface area contributed by atoms with Crippen molar-refractivity contribution in [2.24, 2.45) is 0 Å². The largest absolute Gasteiger partial charge is 0.494 e. The average molecular weight is 284 g/mol. The van der Waals surface area contributed by atoms with Gasteiger partial charge in [-0.3, -0.25) is 0 Å². The molecule has 0 spiro atoms. The van der Waals surface area contributed by atoms with Crippen LogP contribution in [0.15, 0.2) is 48.5 Å². The van der Waals surface area contributed by atoms with Gasteiger partial charge in [0.1, 0.15) is 5.75 Å². The molecule has 0 aliphatic rings. The van der Waals surface area contributed by atoms with E-state index in [0.717, 1.165) is 35.1 Å². The van der Waals surface area contributed by atoms with Crippen molar-refractivity contribution >= 4 is 32.4 Å². The smallest absolute Gasteiger partial charge is 0.188 e. The molecule has 0 unspecified atom stereocenters. The van der Waals surface area contributed by atoms with Crippen molar-refractivity contribution in [1.82, 2.24) is 4.98 Å². The third kappa shape index (κ3) is 2.91. The lowest BCUT2D eigenvalue weighted by Crippen LogP contribution is -1.95. The molecule has 20 heavy (non-hydrogen) atoms. The number of hydrogen-bond acceptors (Lipinski definition) is 4. The van der Waals surface area contributed by atoms with Crippen LogP contribution in [0.2, 0.25) is 0 Å². The minimum absolute atomic E-state index is 0.755. The summed E-state index contributed by atoms with van der Waals surface area (Å²) in [6.07, 6.45) is 1.02. The van der Waals surface area contributed by atoms with E-state index in [0.29, 0.717) is 0 Å². The summed E-state index contributed by atoms with van der Waals surface area (Å²) in [7, 11) is 0. The highest BCUT2D eigenvalue weighted by molar-refractivity contribution is 7.22. The van der Waals surface area contributed by atoms with Crippen molar-refractivity contribution in [3.05, 3.63) is 48.5 Å². The van der Waals surface area contributed by atoms with Crippen LogP contribution in [-0.2, 0) is 0 Å². The van der Waals surface area contributed by atoms with Gasteiger partial charge in [-0.15, -0.1) is 0 Å². The van der Waals surface area contributed by atoms with E-state index in [2.05, 4.69) is 23.3 Å². The van der Waals surface area contributed by atoms with Crippen LogP contribution in [0.3, 0.4) is 0 Å². The number of anilines is 2. The molecule has 0 aliphatic heterocycles. The highest BCUT2D eigenvalue weighted by atomic mass is 32.1. The molecule has 1 aromatic heterocycles. The Morgan fingerprint density at radius 1 is 1.10 bits per heavy atom. The second-order valence-corrected chi connectivity index (χ2v) is 5.52. The second kappa shape index (κ2) is 5.92. The summed E-state index contributed by atoms with van der Waals surface area (Å²) in [6.45, 7) is 2.85. The van der Waals surface area contributed by atoms with Gasteiger partial charge in [-0.05, 0) is 42.8 Å². The van der Waals surface area contributed by atoms with Crippen LogP contribution >= 0.6 is 11.3 Å². The molecule has 3 aromatic rings. The van der Waals surface area contributed by atoms with E-state index < -0.39 is 0 Å². The van der Waals surface area contributed by atoms with Crippen LogP contribution in [0, 0.1) is 0 Å².